The van der Waals surface area contributed by atoms with Crippen molar-refractivity contribution in [2.45, 2.75) is 96.6 Å². The topological polar surface area (TPSA) is 331 Å². The van der Waals surface area contributed by atoms with Gasteiger partial charge in [0.25, 0.3) is 0 Å². The van der Waals surface area contributed by atoms with E-state index < -0.39 is 115 Å². The third-order valence-electron chi connectivity index (χ3n) is 6.59. The molecule has 0 aliphatic rings. The number of carbonyl (C=O) groups is 9. The Morgan fingerprint density at radius 1 is 0.750 bits per heavy atom. The number of hydrogen-bond acceptors (Lipinski definition) is 11. The normalized spacial score (nSPS) is 13.9. The van der Waals surface area contributed by atoms with Crippen LogP contribution in [-0.4, -0.2) is 114 Å². The maximum absolute atomic E-state index is 13.3. The van der Waals surface area contributed by atoms with Crippen LogP contribution in [-0.2, 0) is 56.1 Å². The van der Waals surface area contributed by atoms with Gasteiger partial charge < -0.3 is 47.6 Å². The molecule has 0 radical (unpaired) electrons. The van der Waals surface area contributed by atoms with Crippen LogP contribution in [0.25, 0.3) is 0 Å². The molecular formula is C27H41N9O12. The second kappa shape index (κ2) is 19.1. The van der Waals surface area contributed by atoms with E-state index in [1.54, 1.807) is 6.92 Å². The van der Waals surface area contributed by atoms with Crippen molar-refractivity contribution in [3.63, 3.8) is 0 Å². The van der Waals surface area contributed by atoms with Gasteiger partial charge in [-0.2, -0.15) is 0 Å². The van der Waals surface area contributed by atoms with Crippen LogP contribution >= 0.6 is 0 Å². The van der Waals surface area contributed by atoms with E-state index in [-0.39, 0.29) is 6.42 Å². The molecule has 1 rings (SSSR count). The second-order valence-electron chi connectivity index (χ2n) is 11.0. The molecule has 0 saturated carbocycles. The Morgan fingerprint density at radius 3 is 1.69 bits per heavy atom. The predicted octanol–water partition coefficient (Wildman–Crippen LogP) is -3.76. The number of carbonyl (C=O) groups excluding carboxylic acids is 6. The number of amides is 6. The molecule has 21 nitrogen and oxygen atoms in total. The van der Waals surface area contributed by atoms with Crippen LogP contribution in [0.4, 0.5) is 0 Å². The molecule has 1 heterocycles. The minimum Gasteiger partial charge on any atom is -0.481 e. The van der Waals surface area contributed by atoms with Gasteiger partial charge in [-0.25, -0.2) is 0 Å². The van der Waals surface area contributed by atoms with E-state index in [0.717, 1.165) is 6.92 Å². The van der Waals surface area contributed by atoms with E-state index in [1.807, 2.05) is 0 Å². The van der Waals surface area contributed by atoms with Crippen LogP contribution in [0.1, 0.15) is 59.1 Å². The van der Waals surface area contributed by atoms with Gasteiger partial charge in [0.1, 0.15) is 30.2 Å². The lowest BCUT2D eigenvalue weighted by molar-refractivity contribution is -0.142. The summed E-state index contributed by atoms with van der Waals surface area (Å²) < 4.78 is 1.46. The van der Waals surface area contributed by atoms with Gasteiger partial charge in [0.15, 0.2) is 0 Å². The summed E-state index contributed by atoms with van der Waals surface area (Å²) in [6.45, 7) is 6.24. The number of aryl methyl sites for hydroxylation is 1. The molecule has 0 fully saturated rings. The van der Waals surface area contributed by atoms with Crippen molar-refractivity contribution < 1.29 is 58.5 Å². The van der Waals surface area contributed by atoms with Gasteiger partial charge in [-0.1, -0.05) is 19.1 Å². The summed E-state index contributed by atoms with van der Waals surface area (Å²) in [6.07, 6.45) is -1.65. The third-order valence-corrected chi connectivity index (χ3v) is 6.59. The molecule has 1 aromatic heterocycles. The zero-order valence-electron chi connectivity index (χ0n) is 26.7. The van der Waals surface area contributed by atoms with Crippen molar-refractivity contribution in [1.29, 1.82) is 0 Å². The molecule has 0 spiro atoms. The molecule has 266 valence electrons. The van der Waals surface area contributed by atoms with Gasteiger partial charge in [-0.05, 0) is 19.3 Å². The molecule has 1 aromatic rings. The van der Waals surface area contributed by atoms with E-state index in [2.05, 4.69) is 36.9 Å². The number of nitrogens with one attached hydrogen (secondary N) is 5. The molecule has 6 amide bonds. The van der Waals surface area contributed by atoms with Crippen molar-refractivity contribution >= 4 is 53.4 Å². The fourth-order valence-electron chi connectivity index (χ4n) is 4.16. The number of carboxylic acids is 3. The molecule has 10 N–H and O–H groups in total. The maximum atomic E-state index is 13.3. The van der Waals surface area contributed by atoms with Crippen LogP contribution in [0.15, 0.2) is 6.20 Å². The summed E-state index contributed by atoms with van der Waals surface area (Å²) in [5.74, 6) is -11.1. The van der Waals surface area contributed by atoms with E-state index in [9.17, 15) is 48.3 Å². The summed E-state index contributed by atoms with van der Waals surface area (Å²) in [6, 6.07) is -7.87. The van der Waals surface area contributed by atoms with E-state index in [0.29, 0.717) is 12.2 Å². The monoisotopic (exact) mass is 683 g/mol. The van der Waals surface area contributed by atoms with Crippen molar-refractivity contribution in [3.05, 3.63) is 11.9 Å². The lowest BCUT2D eigenvalue weighted by Gasteiger charge is -2.28. The first-order valence-electron chi connectivity index (χ1n) is 14.7. The molecule has 5 atom stereocenters. The Morgan fingerprint density at radius 2 is 1.25 bits per heavy atom. The highest BCUT2D eigenvalue weighted by molar-refractivity contribution is 5.97. The largest absolute Gasteiger partial charge is 0.481 e. The quantitative estimate of drug-likeness (QED) is 0.0601. The Kier molecular flexibility index (Phi) is 16.1. The summed E-state index contributed by atoms with van der Waals surface area (Å²) in [5.41, 5.74) is 5.70. The second-order valence-corrected chi connectivity index (χ2v) is 11.0. The first kappa shape index (κ1) is 40.4. The highest BCUT2D eigenvalue weighted by atomic mass is 16.4. The van der Waals surface area contributed by atoms with Crippen LogP contribution in [0.5, 0.6) is 0 Å². The smallest absolute Gasteiger partial charge is 0.305 e. The maximum Gasteiger partial charge on any atom is 0.305 e. The van der Waals surface area contributed by atoms with E-state index >= 15 is 0 Å². The molecule has 21 heteroatoms. The van der Waals surface area contributed by atoms with Gasteiger partial charge >= 0.3 is 17.9 Å². The van der Waals surface area contributed by atoms with Crippen molar-refractivity contribution in [2.75, 3.05) is 0 Å². The zero-order valence-corrected chi connectivity index (χ0v) is 26.7. The summed E-state index contributed by atoms with van der Waals surface area (Å²) >= 11 is 0. The molecule has 0 unspecified atom stereocenters. The Hall–Kier alpha value is -5.63. The number of nitrogens with two attached hydrogens (primary N) is 1. The number of aliphatic carboxylic acids is 3. The highest BCUT2D eigenvalue weighted by Crippen LogP contribution is 2.08. The van der Waals surface area contributed by atoms with E-state index in [4.69, 9.17) is 15.9 Å². The Labute approximate surface area is 273 Å². The van der Waals surface area contributed by atoms with Crippen molar-refractivity contribution in [3.8, 4) is 0 Å². The number of primary amides is 1. The van der Waals surface area contributed by atoms with Gasteiger partial charge in [0.2, 0.25) is 35.4 Å². The van der Waals surface area contributed by atoms with Gasteiger partial charge in [0, 0.05) is 32.5 Å². The average Bonchev–Trinajstić information content (AvgIpc) is 3.43. The van der Waals surface area contributed by atoms with Crippen molar-refractivity contribution in [1.82, 2.24) is 41.6 Å². The van der Waals surface area contributed by atoms with Gasteiger partial charge in [-0.3, -0.25) is 47.8 Å². The predicted molar refractivity (Wildman–Crippen MR) is 160 cm³/mol. The number of aromatic nitrogens is 3. The molecule has 0 aliphatic carbocycles. The molecule has 0 bridgehead atoms. The number of carboxylic acid groups (broad SMARTS) is 3. The third kappa shape index (κ3) is 14.2. The summed E-state index contributed by atoms with van der Waals surface area (Å²) in [7, 11) is 0. The first-order chi connectivity index (χ1) is 22.3. The lowest BCUT2D eigenvalue weighted by Crippen LogP contribution is -2.60. The fourth-order valence-corrected chi connectivity index (χ4v) is 4.16. The highest BCUT2D eigenvalue weighted by Gasteiger charge is 2.34. The number of hydrogen-bond donors (Lipinski definition) is 9. The SMILES string of the molecule is CCn1cc(C[C@H](NC(=O)[C@H](CC(=O)O)NC(=O)[C@@H](NC(=O)[C@H](CCC(=O)O)NC(=O)[C@H](CC(=O)O)NC(C)=O)C(C)C)C(N)=O)nn1. The fraction of sp³-hybridized carbons (Fsp3) is 0.593. The van der Waals surface area contributed by atoms with Crippen LogP contribution in [0.3, 0.4) is 0 Å². The van der Waals surface area contributed by atoms with Crippen LogP contribution < -0.4 is 32.3 Å². The van der Waals surface area contributed by atoms with Crippen molar-refractivity contribution in [2.24, 2.45) is 11.7 Å². The van der Waals surface area contributed by atoms with Crippen LogP contribution in [0.2, 0.25) is 0 Å². The zero-order chi connectivity index (χ0) is 36.7. The van der Waals surface area contributed by atoms with E-state index in [1.165, 1.54) is 24.7 Å². The molecule has 0 aromatic carbocycles. The average molecular weight is 684 g/mol. The van der Waals surface area contributed by atoms with Gasteiger partial charge in [-0.15, -0.1) is 5.10 Å². The molecule has 0 aliphatic heterocycles. The van der Waals surface area contributed by atoms with Gasteiger partial charge in [0.05, 0.1) is 18.5 Å². The standard InChI is InChI=1S/C27H41N9O12/c1-5-36-11-14(34-35-36)8-16(23(28)44)31-26(47)18(10-21(42)43)32-27(48)22(12(2)3)33-24(45)15(6-7-19(38)39)30-25(46)17(9-20(40)41)29-13(4)37/h11-12,15-18,22H,5-10H2,1-4H3,(H2,28,44)(H,29,37)(H,30,46)(H,31,47)(H,32,48)(H,33,45)(H,38,39)(H,40,41)(H,42,43)/t15-,16-,17-,18-,22-/m0/s1. The Bertz CT molecular complexity index is 1360. The number of rotatable bonds is 21. The van der Waals surface area contributed by atoms with Crippen LogP contribution in [0, 0.1) is 5.92 Å². The minimum absolute atomic E-state index is 0.196. The lowest BCUT2D eigenvalue weighted by atomic mass is 10.0. The molecule has 0 saturated heterocycles. The summed E-state index contributed by atoms with van der Waals surface area (Å²) in [5, 5.41) is 46.5. The summed E-state index contributed by atoms with van der Waals surface area (Å²) in [4.78, 5) is 110. The minimum atomic E-state index is -1.77. The first-order valence-corrected chi connectivity index (χ1v) is 14.7. The number of nitrogens with zero attached hydrogens (tertiary/aromatic N) is 3. The molecule has 48 heavy (non-hydrogen) atoms. The molecular weight excluding hydrogens is 642 g/mol. The Balaban J connectivity index is 3.19.